The molecule has 7 nitrogen and oxygen atoms in total. The number of amides is 2. The first-order valence-electron chi connectivity index (χ1n) is 12.1. The van der Waals surface area contributed by atoms with Gasteiger partial charge in [0.2, 0.25) is 11.8 Å². The Morgan fingerprint density at radius 1 is 1.03 bits per heavy atom. The van der Waals surface area contributed by atoms with Crippen molar-refractivity contribution in [3.8, 4) is 5.69 Å². The summed E-state index contributed by atoms with van der Waals surface area (Å²) >= 11 is 1.44. The van der Waals surface area contributed by atoms with Crippen LogP contribution in [0.5, 0.6) is 0 Å². The third-order valence-electron chi connectivity index (χ3n) is 5.81. The lowest BCUT2D eigenvalue weighted by Crippen LogP contribution is -2.38. The number of nitrogens with zero attached hydrogens (tertiary/aromatic N) is 3. The Morgan fingerprint density at radius 2 is 1.76 bits per heavy atom. The van der Waals surface area contributed by atoms with Crippen LogP contribution in [0.2, 0.25) is 0 Å². The maximum atomic E-state index is 13.3. The van der Waals surface area contributed by atoms with Crippen LogP contribution in [0.1, 0.15) is 37.8 Å². The fraction of sp³-hybridized carbons (Fsp3) is 0.276. The van der Waals surface area contributed by atoms with Crippen molar-refractivity contribution >= 4 is 29.4 Å². The SMILES string of the molecule is Cc1ccccc1-n1nc(C(C)(C)C)cc1NC(=O)CN(Cc1ccco1)C(=O)CSc1ccccc1. The zero-order valence-corrected chi connectivity index (χ0v) is 22.4. The molecular weight excluding hydrogens is 484 g/mol. The van der Waals surface area contributed by atoms with Gasteiger partial charge in [0.05, 0.1) is 29.9 Å². The number of benzene rings is 2. The third kappa shape index (κ3) is 6.92. The first-order valence-corrected chi connectivity index (χ1v) is 13.1. The van der Waals surface area contributed by atoms with E-state index in [-0.39, 0.29) is 36.1 Å². The first kappa shape index (κ1) is 26.3. The molecule has 192 valence electrons. The molecule has 0 saturated carbocycles. The largest absolute Gasteiger partial charge is 0.467 e. The van der Waals surface area contributed by atoms with Gasteiger partial charge in [0.1, 0.15) is 18.1 Å². The highest BCUT2D eigenvalue weighted by Gasteiger charge is 2.24. The molecule has 0 atom stereocenters. The molecule has 0 aliphatic carbocycles. The second kappa shape index (κ2) is 11.5. The van der Waals surface area contributed by atoms with Gasteiger partial charge in [-0.3, -0.25) is 9.59 Å². The zero-order valence-electron chi connectivity index (χ0n) is 21.6. The molecule has 0 spiro atoms. The topological polar surface area (TPSA) is 80.4 Å². The number of rotatable bonds is 9. The Labute approximate surface area is 221 Å². The highest BCUT2D eigenvalue weighted by atomic mass is 32.2. The molecule has 0 bridgehead atoms. The van der Waals surface area contributed by atoms with Crippen LogP contribution in [0, 0.1) is 6.92 Å². The number of furan rings is 1. The van der Waals surface area contributed by atoms with Gasteiger partial charge in [0.25, 0.3) is 0 Å². The number of carbonyl (C=O) groups is 2. The number of hydrogen-bond donors (Lipinski definition) is 1. The van der Waals surface area contributed by atoms with Gasteiger partial charge >= 0.3 is 0 Å². The standard InChI is InChI=1S/C29H32N4O3S/c1-21-11-8-9-15-24(21)33-26(17-25(31-33)29(2,3)4)30-27(34)19-32(18-22-12-10-16-36-22)28(35)20-37-23-13-6-5-7-14-23/h5-17H,18-20H2,1-4H3,(H,30,34). The minimum atomic E-state index is -0.306. The Hall–Kier alpha value is -3.78. The molecule has 4 rings (SSSR count). The summed E-state index contributed by atoms with van der Waals surface area (Å²) in [5.74, 6) is 0.940. The molecule has 0 aliphatic rings. The Bertz CT molecular complexity index is 1340. The average Bonchev–Trinajstić information content (AvgIpc) is 3.53. The normalized spacial score (nSPS) is 11.4. The lowest BCUT2D eigenvalue weighted by atomic mass is 9.92. The highest BCUT2D eigenvalue weighted by molar-refractivity contribution is 8.00. The molecule has 0 radical (unpaired) electrons. The van der Waals surface area contributed by atoms with E-state index < -0.39 is 0 Å². The summed E-state index contributed by atoms with van der Waals surface area (Å²) in [6, 6.07) is 23.1. The minimum absolute atomic E-state index is 0.112. The number of aromatic nitrogens is 2. The molecule has 0 saturated heterocycles. The summed E-state index contributed by atoms with van der Waals surface area (Å²) in [7, 11) is 0. The van der Waals surface area contributed by atoms with Gasteiger partial charge in [-0.2, -0.15) is 5.10 Å². The Balaban J connectivity index is 1.54. The zero-order chi connectivity index (χ0) is 26.4. The maximum absolute atomic E-state index is 13.3. The van der Waals surface area contributed by atoms with Gasteiger partial charge < -0.3 is 14.6 Å². The number of carbonyl (C=O) groups excluding carboxylic acids is 2. The van der Waals surface area contributed by atoms with Crippen LogP contribution < -0.4 is 5.32 Å². The van der Waals surface area contributed by atoms with E-state index in [1.165, 1.54) is 16.7 Å². The van der Waals surface area contributed by atoms with E-state index in [0.29, 0.717) is 11.6 Å². The second-order valence-electron chi connectivity index (χ2n) is 9.84. The number of aryl methyl sites for hydroxylation is 1. The molecule has 1 N–H and O–H groups in total. The van der Waals surface area contributed by atoms with E-state index in [2.05, 4.69) is 26.1 Å². The van der Waals surface area contributed by atoms with Crippen molar-refractivity contribution in [3.63, 3.8) is 0 Å². The van der Waals surface area contributed by atoms with E-state index in [4.69, 9.17) is 9.52 Å². The molecule has 0 aliphatic heterocycles. The van der Waals surface area contributed by atoms with Crippen molar-refractivity contribution in [1.82, 2.24) is 14.7 Å². The molecule has 0 unspecified atom stereocenters. The lowest BCUT2D eigenvalue weighted by Gasteiger charge is -2.21. The fourth-order valence-electron chi connectivity index (χ4n) is 3.75. The molecule has 2 amide bonds. The predicted octanol–water partition coefficient (Wildman–Crippen LogP) is 5.83. The smallest absolute Gasteiger partial charge is 0.245 e. The van der Waals surface area contributed by atoms with E-state index in [0.717, 1.165) is 21.8 Å². The number of anilines is 1. The van der Waals surface area contributed by atoms with Crippen LogP contribution in [-0.2, 0) is 21.5 Å². The van der Waals surface area contributed by atoms with Crippen molar-refractivity contribution < 1.29 is 14.0 Å². The summed E-state index contributed by atoms with van der Waals surface area (Å²) in [5.41, 5.74) is 2.57. The number of hydrogen-bond acceptors (Lipinski definition) is 5. The first-order chi connectivity index (χ1) is 17.7. The van der Waals surface area contributed by atoms with Crippen LogP contribution in [-0.4, -0.2) is 38.8 Å². The van der Waals surface area contributed by atoms with Gasteiger partial charge in [-0.1, -0.05) is 57.2 Å². The van der Waals surface area contributed by atoms with Gasteiger partial charge in [0, 0.05) is 16.4 Å². The van der Waals surface area contributed by atoms with Crippen molar-refractivity contribution in [2.24, 2.45) is 0 Å². The molecule has 8 heteroatoms. The summed E-state index contributed by atoms with van der Waals surface area (Å²) in [4.78, 5) is 29.0. The van der Waals surface area contributed by atoms with E-state index in [1.54, 1.807) is 23.1 Å². The molecule has 37 heavy (non-hydrogen) atoms. The predicted molar refractivity (Wildman–Crippen MR) is 147 cm³/mol. The molecule has 0 fully saturated rings. The van der Waals surface area contributed by atoms with Gasteiger partial charge in [-0.25, -0.2) is 4.68 Å². The highest BCUT2D eigenvalue weighted by Crippen LogP contribution is 2.27. The summed E-state index contributed by atoms with van der Waals surface area (Å²) < 4.78 is 7.22. The summed E-state index contributed by atoms with van der Waals surface area (Å²) in [6.45, 7) is 8.34. The van der Waals surface area contributed by atoms with Crippen LogP contribution in [0.3, 0.4) is 0 Å². The molecular formula is C29H32N4O3S. The summed E-state index contributed by atoms with van der Waals surface area (Å²) in [6.07, 6.45) is 1.56. The molecule has 4 aromatic rings. The van der Waals surface area contributed by atoms with E-state index >= 15 is 0 Å². The Morgan fingerprint density at radius 3 is 2.43 bits per heavy atom. The Kier molecular flexibility index (Phi) is 8.18. The van der Waals surface area contributed by atoms with Crippen molar-refractivity contribution in [3.05, 3.63) is 96.1 Å². The van der Waals surface area contributed by atoms with Gasteiger partial charge in [-0.15, -0.1) is 11.8 Å². The number of thioether (sulfide) groups is 1. The van der Waals surface area contributed by atoms with Gasteiger partial charge in [-0.05, 0) is 42.8 Å². The average molecular weight is 517 g/mol. The lowest BCUT2D eigenvalue weighted by molar-refractivity contribution is -0.133. The molecule has 2 aromatic carbocycles. The maximum Gasteiger partial charge on any atom is 0.245 e. The van der Waals surface area contributed by atoms with Crippen LogP contribution in [0.15, 0.2) is 88.4 Å². The molecule has 2 aromatic heterocycles. The van der Waals surface area contributed by atoms with Crippen LogP contribution in [0.25, 0.3) is 5.69 Å². The van der Waals surface area contributed by atoms with Crippen molar-refractivity contribution in [2.45, 2.75) is 44.6 Å². The number of para-hydroxylation sites is 1. The van der Waals surface area contributed by atoms with E-state index in [9.17, 15) is 9.59 Å². The third-order valence-corrected chi connectivity index (χ3v) is 6.81. The molecule has 2 heterocycles. The quantitative estimate of drug-likeness (QED) is 0.283. The second-order valence-corrected chi connectivity index (χ2v) is 10.9. The number of nitrogens with one attached hydrogen (secondary N) is 1. The minimum Gasteiger partial charge on any atom is -0.467 e. The van der Waals surface area contributed by atoms with Crippen molar-refractivity contribution in [2.75, 3.05) is 17.6 Å². The van der Waals surface area contributed by atoms with Gasteiger partial charge in [0.15, 0.2) is 0 Å². The van der Waals surface area contributed by atoms with E-state index in [1.807, 2.05) is 67.6 Å². The van der Waals surface area contributed by atoms with Crippen molar-refractivity contribution in [1.29, 1.82) is 0 Å². The fourth-order valence-corrected chi connectivity index (χ4v) is 4.58. The summed E-state index contributed by atoms with van der Waals surface area (Å²) in [5, 5.41) is 7.80. The van der Waals surface area contributed by atoms with Crippen LogP contribution in [0.4, 0.5) is 5.82 Å². The van der Waals surface area contributed by atoms with Crippen LogP contribution >= 0.6 is 11.8 Å². The monoisotopic (exact) mass is 516 g/mol.